The highest BCUT2D eigenvalue weighted by Gasteiger charge is 2.16. The lowest BCUT2D eigenvalue weighted by atomic mass is 10.1. The van der Waals surface area contributed by atoms with Crippen molar-refractivity contribution in [2.24, 2.45) is 10.9 Å². The molecule has 0 atom stereocenters. The van der Waals surface area contributed by atoms with Gasteiger partial charge in [0.2, 0.25) is 0 Å². The van der Waals surface area contributed by atoms with Crippen molar-refractivity contribution in [3.8, 4) is 0 Å². The van der Waals surface area contributed by atoms with E-state index in [0.29, 0.717) is 12.3 Å². The predicted molar refractivity (Wildman–Crippen MR) is 58.0 cm³/mol. The number of rotatable bonds is 3. The van der Waals surface area contributed by atoms with E-state index in [2.05, 4.69) is 10.1 Å². The van der Waals surface area contributed by atoms with Gasteiger partial charge in [-0.25, -0.2) is 4.79 Å². The summed E-state index contributed by atoms with van der Waals surface area (Å²) in [6.45, 7) is 5.81. The molecule has 0 amide bonds. The highest BCUT2D eigenvalue weighted by molar-refractivity contribution is 5.94. The van der Waals surface area contributed by atoms with Crippen LogP contribution in [0.25, 0.3) is 0 Å². The fraction of sp³-hybridized carbons (Fsp3) is 0.400. The molecule has 1 aromatic heterocycles. The number of aromatic amines is 1. The minimum absolute atomic E-state index is 0.352. The first kappa shape index (κ1) is 11.3. The molecule has 15 heavy (non-hydrogen) atoms. The Kier molecular flexibility index (Phi) is 3.49. The lowest BCUT2D eigenvalue weighted by Gasteiger charge is -1.99. The molecule has 1 aromatic rings. The molecule has 0 unspecified atom stereocenters. The van der Waals surface area contributed by atoms with Gasteiger partial charge in [0.1, 0.15) is 5.69 Å². The van der Waals surface area contributed by atoms with Crippen LogP contribution in [0.2, 0.25) is 0 Å². The summed E-state index contributed by atoms with van der Waals surface area (Å²) in [5, 5.41) is 3.45. The first-order valence-electron chi connectivity index (χ1n) is 4.71. The third-order valence-corrected chi connectivity index (χ3v) is 2.18. The van der Waals surface area contributed by atoms with Crippen molar-refractivity contribution in [1.29, 1.82) is 0 Å². The third-order valence-electron chi connectivity index (χ3n) is 2.18. The molecule has 1 rings (SSSR count). The average Bonchev–Trinajstić information content (AvgIpc) is 2.47. The van der Waals surface area contributed by atoms with Crippen LogP contribution >= 0.6 is 0 Å². The SMILES string of the molecule is CCOC(=O)c1[nH]c(C)c(/C=N/N)c1C. The Morgan fingerprint density at radius 1 is 1.60 bits per heavy atom. The van der Waals surface area contributed by atoms with E-state index < -0.39 is 0 Å². The summed E-state index contributed by atoms with van der Waals surface area (Å²) in [5.74, 6) is 4.73. The smallest absolute Gasteiger partial charge is 0.355 e. The van der Waals surface area contributed by atoms with Gasteiger partial charge in [-0.05, 0) is 26.3 Å². The lowest BCUT2D eigenvalue weighted by Crippen LogP contribution is -2.06. The first-order chi connectivity index (χ1) is 7.11. The van der Waals surface area contributed by atoms with Crippen molar-refractivity contribution in [3.63, 3.8) is 0 Å². The maximum absolute atomic E-state index is 11.5. The molecule has 0 fully saturated rings. The largest absolute Gasteiger partial charge is 0.461 e. The molecule has 82 valence electrons. The quantitative estimate of drug-likeness (QED) is 0.338. The number of nitrogens with one attached hydrogen (secondary N) is 1. The van der Waals surface area contributed by atoms with E-state index in [1.54, 1.807) is 6.92 Å². The zero-order chi connectivity index (χ0) is 11.4. The summed E-state index contributed by atoms with van der Waals surface area (Å²) in [6.07, 6.45) is 1.52. The normalized spacial score (nSPS) is 10.9. The highest BCUT2D eigenvalue weighted by Crippen LogP contribution is 2.16. The summed E-state index contributed by atoms with van der Waals surface area (Å²) in [6, 6.07) is 0. The van der Waals surface area contributed by atoms with Crippen LogP contribution < -0.4 is 5.84 Å². The number of nitrogens with two attached hydrogens (primary N) is 1. The summed E-state index contributed by atoms with van der Waals surface area (Å²) >= 11 is 0. The molecule has 0 saturated carbocycles. The second-order valence-corrected chi connectivity index (χ2v) is 3.16. The van der Waals surface area contributed by atoms with Gasteiger partial charge in [0.05, 0.1) is 12.8 Å². The van der Waals surface area contributed by atoms with Gasteiger partial charge in [0, 0.05) is 11.3 Å². The molecule has 0 saturated heterocycles. The zero-order valence-corrected chi connectivity index (χ0v) is 9.13. The van der Waals surface area contributed by atoms with Crippen molar-refractivity contribution in [1.82, 2.24) is 4.98 Å². The Balaban J connectivity index is 3.11. The molecule has 0 aliphatic rings. The Morgan fingerprint density at radius 2 is 2.27 bits per heavy atom. The van der Waals surface area contributed by atoms with E-state index in [4.69, 9.17) is 10.6 Å². The molecule has 1 heterocycles. The molecule has 0 aliphatic carbocycles. The molecule has 0 aliphatic heterocycles. The fourth-order valence-electron chi connectivity index (χ4n) is 1.44. The average molecular weight is 209 g/mol. The van der Waals surface area contributed by atoms with Crippen LogP contribution in [-0.4, -0.2) is 23.8 Å². The zero-order valence-electron chi connectivity index (χ0n) is 9.13. The minimum atomic E-state index is -0.352. The second-order valence-electron chi connectivity index (χ2n) is 3.16. The maximum atomic E-state index is 11.5. The molecule has 5 nitrogen and oxygen atoms in total. The van der Waals surface area contributed by atoms with Gasteiger partial charge < -0.3 is 15.6 Å². The molecule has 0 aromatic carbocycles. The molecular weight excluding hydrogens is 194 g/mol. The van der Waals surface area contributed by atoms with Crippen LogP contribution in [0.3, 0.4) is 0 Å². The topological polar surface area (TPSA) is 80.5 Å². The van der Waals surface area contributed by atoms with Crippen molar-refractivity contribution >= 4 is 12.2 Å². The van der Waals surface area contributed by atoms with E-state index >= 15 is 0 Å². The van der Waals surface area contributed by atoms with E-state index in [-0.39, 0.29) is 5.97 Å². The number of esters is 1. The number of nitrogens with zero attached hydrogens (tertiary/aromatic N) is 1. The van der Waals surface area contributed by atoms with Gasteiger partial charge in [-0.1, -0.05) is 0 Å². The number of aryl methyl sites for hydroxylation is 1. The molecule has 0 spiro atoms. The summed E-state index contributed by atoms with van der Waals surface area (Å²) in [7, 11) is 0. The Hall–Kier alpha value is -1.78. The summed E-state index contributed by atoms with van der Waals surface area (Å²) in [5.41, 5.74) is 2.95. The molecule has 5 heteroatoms. The van der Waals surface area contributed by atoms with Gasteiger partial charge in [-0.15, -0.1) is 0 Å². The molecule has 0 radical (unpaired) electrons. The van der Waals surface area contributed by atoms with Crippen LogP contribution in [0.5, 0.6) is 0 Å². The Morgan fingerprint density at radius 3 is 2.80 bits per heavy atom. The number of aromatic nitrogens is 1. The van der Waals surface area contributed by atoms with Crippen molar-refractivity contribution in [2.75, 3.05) is 6.61 Å². The van der Waals surface area contributed by atoms with Gasteiger partial charge in [0.15, 0.2) is 0 Å². The van der Waals surface area contributed by atoms with E-state index in [0.717, 1.165) is 16.8 Å². The number of hydrogen-bond donors (Lipinski definition) is 2. The van der Waals surface area contributed by atoms with E-state index in [9.17, 15) is 4.79 Å². The van der Waals surface area contributed by atoms with E-state index in [1.807, 2.05) is 13.8 Å². The molecule has 0 bridgehead atoms. The van der Waals surface area contributed by atoms with Crippen LogP contribution in [0.4, 0.5) is 0 Å². The molecular formula is C10H15N3O2. The van der Waals surface area contributed by atoms with Crippen molar-refractivity contribution in [2.45, 2.75) is 20.8 Å². The molecule has 3 N–H and O–H groups in total. The number of hydrogen-bond acceptors (Lipinski definition) is 4. The van der Waals surface area contributed by atoms with Crippen LogP contribution in [0, 0.1) is 13.8 Å². The monoisotopic (exact) mass is 209 g/mol. The van der Waals surface area contributed by atoms with Gasteiger partial charge in [0.25, 0.3) is 0 Å². The standard InChI is InChI=1S/C10H15N3O2/c1-4-15-10(14)9-6(2)8(5-12-11)7(3)13-9/h5,13H,4,11H2,1-3H3/b12-5+. The lowest BCUT2D eigenvalue weighted by molar-refractivity contribution is 0.0519. The van der Waals surface area contributed by atoms with Gasteiger partial charge >= 0.3 is 5.97 Å². The minimum Gasteiger partial charge on any atom is -0.461 e. The number of ether oxygens (including phenoxy) is 1. The summed E-state index contributed by atoms with van der Waals surface area (Å²) < 4.78 is 4.91. The number of H-pyrrole nitrogens is 1. The van der Waals surface area contributed by atoms with Gasteiger partial charge in [-0.3, -0.25) is 0 Å². The predicted octanol–water partition coefficient (Wildman–Crippen LogP) is 1.10. The van der Waals surface area contributed by atoms with Crippen molar-refractivity contribution in [3.05, 3.63) is 22.5 Å². The number of carbonyl (C=O) groups excluding carboxylic acids is 1. The first-order valence-corrected chi connectivity index (χ1v) is 4.71. The Labute approximate surface area is 88.3 Å². The maximum Gasteiger partial charge on any atom is 0.355 e. The second kappa shape index (κ2) is 4.63. The van der Waals surface area contributed by atoms with Crippen molar-refractivity contribution < 1.29 is 9.53 Å². The third kappa shape index (κ3) is 2.18. The van der Waals surface area contributed by atoms with Gasteiger partial charge in [-0.2, -0.15) is 5.10 Å². The van der Waals surface area contributed by atoms with Crippen LogP contribution in [0.1, 0.15) is 34.2 Å². The van der Waals surface area contributed by atoms with Crippen LogP contribution in [-0.2, 0) is 4.74 Å². The highest BCUT2D eigenvalue weighted by atomic mass is 16.5. The Bertz CT molecular complexity index is 394. The number of hydrazone groups is 1. The van der Waals surface area contributed by atoms with E-state index in [1.165, 1.54) is 6.21 Å². The summed E-state index contributed by atoms with van der Waals surface area (Å²) in [4.78, 5) is 14.5. The fourth-order valence-corrected chi connectivity index (χ4v) is 1.44. The van der Waals surface area contributed by atoms with Crippen LogP contribution in [0.15, 0.2) is 5.10 Å². The number of carbonyl (C=O) groups is 1.